The number of carboxylic acids is 1. The van der Waals surface area contributed by atoms with Crippen LogP contribution in [0.3, 0.4) is 0 Å². The second kappa shape index (κ2) is 6.33. The van der Waals surface area contributed by atoms with Crippen LogP contribution in [0.25, 0.3) is 0 Å². The van der Waals surface area contributed by atoms with Crippen LogP contribution in [0.2, 0.25) is 0 Å². The molecule has 0 aliphatic carbocycles. The van der Waals surface area contributed by atoms with Crippen molar-refractivity contribution >= 4 is 27.3 Å². The highest BCUT2D eigenvalue weighted by Crippen LogP contribution is 2.20. The molecule has 0 spiro atoms. The Hall–Kier alpha value is -1.77. The van der Waals surface area contributed by atoms with Crippen LogP contribution in [0.5, 0.6) is 0 Å². The first-order chi connectivity index (χ1) is 9.88. The number of sulfonamides is 1. The third kappa shape index (κ3) is 4.10. The number of carbonyl (C=O) groups is 1. The highest BCUT2D eigenvalue weighted by Gasteiger charge is 2.18. The Bertz CT molecular complexity index is 738. The van der Waals surface area contributed by atoms with Crippen molar-refractivity contribution in [2.24, 2.45) is 0 Å². The van der Waals surface area contributed by atoms with Crippen molar-refractivity contribution in [3.8, 4) is 0 Å². The molecule has 0 unspecified atom stereocenters. The van der Waals surface area contributed by atoms with Crippen LogP contribution in [0.15, 0.2) is 39.9 Å². The summed E-state index contributed by atoms with van der Waals surface area (Å²) >= 11 is 0.852. The van der Waals surface area contributed by atoms with Crippen molar-refractivity contribution in [3.63, 3.8) is 0 Å². The number of aromatic carboxylic acids is 1. The Morgan fingerprint density at radius 1 is 1.29 bits per heavy atom. The van der Waals surface area contributed by atoms with Crippen molar-refractivity contribution in [1.82, 2.24) is 4.72 Å². The number of benzene rings is 1. The Kier molecular flexibility index (Phi) is 4.71. The molecule has 5 nitrogen and oxygen atoms in total. The summed E-state index contributed by atoms with van der Waals surface area (Å²) in [5, 5.41) is 10.0. The Labute approximate surface area is 125 Å². The van der Waals surface area contributed by atoms with Crippen molar-refractivity contribution < 1.29 is 22.7 Å². The maximum absolute atomic E-state index is 12.7. The van der Waals surface area contributed by atoms with E-state index in [1.165, 1.54) is 17.5 Å². The minimum atomic E-state index is -3.72. The predicted octanol–water partition coefficient (Wildman–Crippen LogP) is 2.11. The second-order valence-corrected chi connectivity index (χ2v) is 7.14. The van der Waals surface area contributed by atoms with Gasteiger partial charge in [-0.1, -0.05) is 12.1 Å². The fraction of sp³-hybridized carbons (Fsp3) is 0.154. The standard InChI is InChI=1S/C13H12FNO4S2/c14-11-3-1-9(2-4-11)5-6-15-21(18,19)12-7-10(8-20-12)13(16)17/h1-4,7-8,15H,5-6H2,(H,16,17). The van der Waals surface area contributed by atoms with Crippen LogP contribution >= 0.6 is 11.3 Å². The topological polar surface area (TPSA) is 83.5 Å². The van der Waals surface area contributed by atoms with Gasteiger partial charge in [0.15, 0.2) is 0 Å². The smallest absolute Gasteiger partial charge is 0.336 e. The molecule has 0 saturated carbocycles. The SMILES string of the molecule is O=C(O)c1csc(S(=O)(=O)NCCc2ccc(F)cc2)c1. The van der Waals surface area contributed by atoms with Gasteiger partial charge >= 0.3 is 5.97 Å². The molecule has 0 radical (unpaired) electrons. The molecule has 21 heavy (non-hydrogen) atoms. The van der Waals surface area contributed by atoms with Gasteiger partial charge in [0.2, 0.25) is 10.0 Å². The van der Waals surface area contributed by atoms with E-state index in [0.29, 0.717) is 6.42 Å². The molecule has 8 heteroatoms. The van der Waals surface area contributed by atoms with Gasteiger partial charge < -0.3 is 5.11 Å². The highest BCUT2D eigenvalue weighted by atomic mass is 32.2. The van der Waals surface area contributed by atoms with Crippen molar-refractivity contribution in [3.05, 3.63) is 52.7 Å². The first kappa shape index (κ1) is 15.6. The molecule has 1 heterocycles. The zero-order valence-electron chi connectivity index (χ0n) is 10.7. The van der Waals surface area contributed by atoms with E-state index < -0.39 is 16.0 Å². The maximum Gasteiger partial charge on any atom is 0.336 e. The van der Waals surface area contributed by atoms with Gasteiger partial charge in [-0.15, -0.1) is 11.3 Å². The van der Waals surface area contributed by atoms with Crippen LogP contribution in [0.4, 0.5) is 4.39 Å². The maximum atomic E-state index is 12.7. The largest absolute Gasteiger partial charge is 0.478 e. The van der Waals surface area contributed by atoms with E-state index in [2.05, 4.69) is 4.72 Å². The summed E-state index contributed by atoms with van der Waals surface area (Å²) in [5.41, 5.74) is 0.746. The van der Waals surface area contributed by atoms with E-state index in [-0.39, 0.29) is 22.1 Å². The van der Waals surface area contributed by atoms with E-state index in [4.69, 9.17) is 5.11 Å². The molecule has 0 bridgehead atoms. The molecular formula is C13H12FNO4S2. The number of halogens is 1. The molecule has 0 saturated heterocycles. The fourth-order valence-electron chi connectivity index (χ4n) is 1.62. The number of hydrogen-bond acceptors (Lipinski definition) is 4. The van der Waals surface area contributed by atoms with Crippen LogP contribution in [-0.2, 0) is 16.4 Å². The van der Waals surface area contributed by atoms with Gasteiger partial charge in [-0.25, -0.2) is 22.3 Å². The summed E-state index contributed by atoms with van der Waals surface area (Å²) in [5.74, 6) is -1.52. The van der Waals surface area contributed by atoms with Gasteiger partial charge in [-0.3, -0.25) is 0 Å². The third-order valence-corrected chi connectivity index (χ3v) is 5.61. The van der Waals surface area contributed by atoms with Gasteiger partial charge in [0.05, 0.1) is 5.56 Å². The lowest BCUT2D eigenvalue weighted by Crippen LogP contribution is -2.25. The molecule has 2 N–H and O–H groups in total. The molecule has 2 rings (SSSR count). The summed E-state index contributed by atoms with van der Waals surface area (Å²) in [6, 6.07) is 6.90. The molecule has 1 aromatic heterocycles. The van der Waals surface area contributed by atoms with Gasteiger partial charge in [-0.2, -0.15) is 0 Å². The van der Waals surface area contributed by atoms with E-state index in [1.54, 1.807) is 12.1 Å². The summed E-state index contributed by atoms with van der Waals surface area (Å²) in [7, 11) is -3.72. The average molecular weight is 329 g/mol. The molecule has 112 valence electrons. The number of hydrogen-bond donors (Lipinski definition) is 2. The lowest BCUT2D eigenvalue weighted by atomic mass is 10.1. The number of rotatable bonds is 6. The lowest BCUT2D eigenvalue weighted by Gasteiger charge is -2.04. The molecular weight excluding hydrogens is 317 g/mol. The fourth-order valence-corrected chi connectivity index (χ4v) is 3.85. The second-order valence-electron chi connectivity index (χ2n) is 4.23. The Morgan fingerprint density at radius 2 is 1.95 bits per heavy atom. The van der Waals surface area contributed by atoms with E-state index in [0.717, 1.165) is 23.0 Å². The molecule has 0 aliphatic heterocycles. The van der Waals surface area contributed by atoms with E-state index in [1.807, 2.05) is 0 Å². The lowest BCUT2D eigenvalue weighted by molar-refractivity contribution is 0.0697. The summed E-state index contributed by atoms with van der Waals surface area (Å²) in [6.07, 6.45) is 0.413. The van der Waals surface area contributed by atoms with Crippen LogP contribution in [-0.4, -0.2) is 26.0 Å². The monoisotopic (exact) mass is 329 g/mol. The zero-order chi connectivity index (χ0) is 15.5. The number of carboxylic acid groups (broad SMARTS) is 1. The predicted molar refractivity (Wildman–Crippen MR) is 76.6 cm³/mol. The molecule has 0 amide bonds. The van der Waals surface area contributed by atoms with Crippen molar-refractivity contribution in [1.29, 1.82) is 0 Å². The summed E-state index contributed by atoms with van der Waals surface area (Å²) in [4.78, 5) is 10.7. The molecule has 0 aliphatic rings. The highest BCUT2D eigenvalue weighted by molar-refractivity contribution is 7.91. The minimum Gasteiger partial charge on any atom is -0.478 e. The first-order valence-electron chi connectivity index (χ1n) is 5.94. The first-order valence-corrected chi connectivity index (χ1v) is 8.31. The van der Waals surface area contributed by atoms with E-state index >= 15 is 0 Å². The number of nitrogens with one attached hydrogen (secondary N) is 1. The Balaban J connectivity index is 1.97. The van der Waals surface area contributed by atoms with Gasteiger partial charge in [0.25, 0.3) is 0 Å². The van der Waals surface area contributed by atoms with Gasteiger partial charge in [0, 0.05) is 11.9 Å². The average Bonchev–Trinajstić information content (AvgIpc) is 2.91. The van der Waals surface area contributed by atoms with Crippen molar-refractivity contribution in [2.75, 3.05) is 6.54 Å². The zero-order valence-corrected chi connectivity index (χ0v) is 12.4. The van der Waals surface area contributed by atoms with Gasteiger partial charge in [0.1, 0.15) is 10.0 Å². The molecule has 0 fully saturated rings. The Morgan fingerprint density at radius 3 is 2.52 bits per heavy atom. The third-order valence-electron chi connectivity index (χ3n) is 2.71. The summed E-state index contributed by atoms with van der Waals surface area (Å²) in [6.45, 7) is 0.147. The molecule has 1 aromatic carbocycles. The summed E-state index contributed by atoms with van der Waals surface area (Å²) < 4.78 is 39.0. The molecule has 0 atom stereocenters. The van der Waals surface area contributed by atoms with E-state index in [9.17, 15) is 17.6 Å². The normalized spacial score (nSPS) is 11.5. The minimum absolute atomic E-state index is 0.0426. The van der Waals surface area contributed by atoms with Crippen molar-refractivity contribution in [2.45, 2.75) is 10.6 Å². The van der Waals surface area contributed by atoms with Gasteiger partial charge in [-0.05, 0) is 30.2 Å². The van der Waals surface area contributed by atoms with Crippen LogP contribution in [0.1, 0.15) is 15.9 Å². The number of thiophene rings is 1. The molecule has 2 aromatic rings. The van der Waals surface area contributed by atoms with Crippen LogP contribution < -0.4 is 4.72 Å². The van der Waals surface area contributed by atoms with Crippen LogP contribution in [0, 0.1) is 5.82 Å². The quantitative estimate of drug-likeness (QED) is 0.850.